The highest BCUT2D eigenvalue weighted by Crippen LogP contribution is 2.25. The lowest BCUT2D eigenvalue weighted by Gasteiger charge is -2.00. The first kappa shape index (κ1) is 9.99. The monoisotopic (exact) mass is 252 g/mol. The van der Waals surface area contributed by atoms with Gasteiger partial charge in [0.25, 0.3) is 5.76 Å². The van der Waals surface area contributed by atoms with E-state index in [0.717, 1.165) is 10.9 Å². The van der Waals surface area contributed by atoms with Gasteiger partial charge in [0.05, 0.1) is 0 Å². The Morgan fingerprint density at radius 1 is 1.25 bits per heavy atom. The molecule has 0 aliphatic carbocycles. The maximum absolute atomic E-state index is 11.9. The Kier molecular flexibility index (Phi) is 4.01. The maximum Gasteiger partial charge on any atom is 0.288 e. The molecule has 0 bridgehead atoms. The Labute approximate surface area is 82.5 Å². The van der Waals surface area contributed by atoms with Crippen molar-refractivity contribution in [1.29, 1.82) is 0 Å². The summed E-state index contributed by atoms with van der Waals surface area (Å²) in [5.41, 5.74) is 1.09. The lowest BCUT2D eigenvalue weighted by Crippen LogP contribution is -1.82. The molecule has 4 heteroatoms. The minimum Gasteiger partial charge on any atom is -0.198 e. The molecule has 0 atom stereocenters. The van der Waals surface area contributed by atoms with Crippen molar-refractivity contribution < 1.29 is 8.78 Å². The van der Waals surface area contributed by atoms with Gasteiger partial charge in [-0.2, -0.15) is 8.78 Å². The third kappa shape index (κ3) is 3.11. The van der Waals surface area contributed by atoms with E-state index in [9.17, 15) is 8.78 Å². The summed E-state index contributed by atoms with van der Waals surface area (Å²) in [4.78, 5) is 0.606. The van der Waals surface area contributed by atoms with Crippen molar-refractivity contribution in [3.05, 3.63) is 29.8 Å². The molecule has 0 saturated carbocycles. The molecule has 1 aromatic carbocycles. The first-order valence-electron chi connectivity index (χ1n) is 3.32. The summed E-state index contributed by atoms with van der Waals surface area (Å²) in [6.07, 6.45) is 0. The Hall–Kier alpha value is -0.0900. The van der Waals surface area contributed by atoms with E-state index in [2.05, 4.69) is 15.9 Å². The zero-order chi connectivity index (χ0) is 8.97. The van der Waals surface area contributed by atoms with Crippen LogP contribution in [0.5, 0.6) is 0 Å². The summed E-state index contributed by atoms with van der Waals surface area (Å²) >= 11 is 3.85. The molecule has 0 aromatic heterocycles. The van der Waals surface area contributed by atoms with Gasteiger partial charge >= 0.3 is 0 Å². The third-order valence-corrected chi connectivity index (χ3v) is 2.67. The number of benzene rings is 1. The minimum absolute atomic E-state index is 0.569. The molecular formula is C8H7BrF2S. The fraction of sp³-hybridized carbons (Fsp3) is 0.250. The van der Waals surface area contributed by atoms with Crippen molar-refractivity contribution in [1.82, 2.24) is 0 Å². The van der Waals surface area contributed by atoms with Gasteiger partial charge in [0.15, 0.2) is 0 Å². The summed E-state index contributed by atoms with van der Waals surface area (Å²) < 4.78 is 23.7. The average molecular weight is 253 g/mol. The molecule has 12 heavy (non-hydrogen) atoms. The van der Waals surface area contributed by atoms with Crippen LogP contribution in [0, 0.1) is 0 Å². The molecular weight excluding hydrogens is 246 g/mol. The zero-order valence-corrected chi connectivity index (χ0v) is 8.54. The summed E-state index contributed by atoms with van der Waals surface area (Å²) in [5, 5.41) is 0.757. The third-order valence-electron chi connectivity index (χ3n) is 1.30. The van der Waals surface area contributed by atoms with Gasteiger partial charge in [0.2, 0.25) is 0 Å². The standard InChI is InChI=1S/C8H7BrF2S/c9-5-6-1-3-7(4-2-6)12-8(10)11/h1-4,8H,5H2. The van der Waals surface area contributed by atoms with E-state index in [1.807, 2.05) is 12.1 Å². The van der Waals surface area contributed by atoms with Crippen molar-refractivity contribution in [3.8, 4) is 0 Å². The van der Waals surface area contributed by atoms with Crippen LogP contribution in [-0.4, -0.2) is 5.76 Å². The highest BCUT2D eigenvalue weighted by Gasteiger charge is 2.03. The smallest absolute Gasteiger partial charge is 0.198 e. The molecule has 0 heterocycles. The van der Waals surface area contributed by atoms with Gasteiger partial charge in [-0.25, -0.2) is 0 Å². The number of halogens is 3. The largest absolute Gasteiger partial charge is 0.288 e. The van der Waals surface area contributed by atoms with Gasteiger partial charge in [-0.3, -0.25) is 0 Å². The molecule has 1 rings (SSSR count). The van der Waals surface area contributed by atoms with Gasteiger partial charge in [-0.05, 0) is 17.7 Å². The molecule has 0 amide bonds. The predicted octanol–water partition coefficient (Wildman–Crippen LogP) is 3.90. The van der Waals surface area contributed by atoms with Gasteiger partial charge in [-0.15, -0.1) is 0 Å². The van der Waals surface area contributed by atoms with Crippen LogP contribution in [0.15, 0.2) is 29.2 Å². The van der Waals surface area contributed by atoms with E-state index in [0.29, 0.717) is 16.7 Å². The van der Waals surface area contributed by atoms with Crippen LogP contribution in [0.2, 0.25) is 0 Å². The van der Waals surface area contributed by atoms with E-state index < -0.39 is 5.76 Å². The summed E-state index contributed by atoms with van der Waals surface area (Å²) in [6, 6.07) is 7.07. The first-order valence-corrected chi connectivity index (χ1v) is 5.32. The van der Waals surface area contributed by atoms with Crippen molar-refractivity contribution in [2.24, 2.45) is 0 Å². The maximum atomic E-state index is 11.9. The average Bonchev–Trinajstić information content (AvgIpc) is 2.05. The van der Waals surface area contributed by atoms with Crippen LogP contribution in [0.3, 0.4) is 0 Å². The number of rotatable bonds is 3. The molecule has 0 spiro atoms. The Bertz CT molecular complexity index is 235. The van der Waals surface area contributed by atoms with Crippen LogP contribution >= 0.6 is 27.7 Å². The molecule has 0 saturated heterocycles. The SMILES string of the molecule is FC(F)Sc1ccc(CBr)cc1. The van der Waals surface area contributed by atoms with E-state index in [4.69, 9.17) is 0 Å². The van der Waals surface area contributed by atoms with Crippen LogP contribution in [0.1, 0.15) is 5.56 Å². The minimum atomic E-state index is -2.33. The molecule has 66 valence electrons. The zero-order valence-electron chi connectivity index (χ0n) is 6.14. The van der Waals surface area contributed by atoms with E-state index in [1.165, 1.54) is 0 Å². The summed E-state index contributed by atoms with van der Waals surface area (Å²) in [7, 11) is 0. The van der Waals surface area contributed by atoms with Gasteiger partial charge in [-0.1, -0.05) is 39.8 Å². The second-order valence-corrected chi connectivity index (χ2v) is 3.78. The lowest BCUT2D eigenvalue weighted by atomic mass is 10.2. The van der Waals surface area contributed by atoms with Crippen LogP contribution in [0.25, 0.3) is 0 Å². The topological polar surface area (TPSA) is 0 Å². The first-order chi connectivity index (χ1) is 5.72. The molecule has 0 aliphatic heterocycles. The number of alkyl halides is 3. The number of thioether (sulfide) groups is 1. The molecule has 0 N–H and O–H groups in total. The lowest BCUT2D eigenvalue weighted by molar-refractivity contribution is 0.252. The molecule has 0 nitrogen and oxygen atoms in total. The van der Waals surface area contributed by atoms with E-state index in [1.54, 1.807) is 12.1 Å². The summed E-state index contributed by atoms with van der Waals surface area (Å²) in [5.74, 6) is -2.33. The Balaban J connectivity index is 2.65. The molecule has 0 aliphatic rings. The van der Waals surface area contributed by atoms with Crippen LogP contribution in [0.4, 0.5) is 8.78 Å². The van der Waals surface area contributed by atoms with Gasteiger partial charge in [0, 0.05) is 10.2 Å². The predicted molar refractivity (Wildman–Crippen MR) is 50.9 cm³/mol. The molecule has 0 fully saturated rings. The van der Waals surface area contributed by atoms with Crippen molar-refractivity contribution in [2.45, 2.75) is 16.0 Å². The van der Waals surface area contributed by atoms with Gasteiger partial charge in [0.1, 0.15) is 0 Å². The highest BCUT2D eigenvalue weighted by atomic mass is 79.9. The van der Waals surface area contributed by atoms with E-state index >= 15 is 0 Å². The van der Waals surface area contributed by atoms with E-state index in [-0.39, 0.29) is 0 Å². The number of hydrogen-bond acceptors (Lipinski definition) is 1. The second-order valence-electron chi connectivity index (χ2n) is 2.16. The molecule has 0 radical (unpaired) electrons. The molecule has 1 aromatic rings. The van der Waals surface area contributed by atoms with Crippen LogP contribution < -0.4 is 0 Å². The van der Waals surface area contributed by atoms with Crippen molar-refractivity contribution in [3.63, 3.8) is 0 Å². The molecule has 0 unspecified atom stereocenters. The fourth-order valence-corrected chi connectivity index (χ4v) is 1.63. The summed E-state index contributed by atoms with van der Waals surface area (Å²) in [6.45, 7) is 0. The Morgan fingerprint density at radius 3 is 2.25 bits per heavy atom. The van der Waals surface area contributed by atoms with Crippen molar-refractivity contribution >= 4 is 27.7 Å². The second kappa shape index (κ2) is 4.82. The fourth-order valence-electron chi connectivity index (χ4n) is 0.760. The van der Waals surface area contributed by atoms with Gasteiger partial charge < -0.3 is 0 Å². The highest BCUT2D eigenvalue weighted by molar-refractivity contribution is 9.08. The Morgan fingerprint density at radius 2 is 1.83 bits per heavy atom. The number of hydrogen-bond donors (Lipinski definition) is 0. The van der Waals surface area contributed by atoms with Crippen LogP contribution in [-0.2, 0) is 5.33 Å². The van der Waals surface area contributed by atoms with Crippen molar-refractivity contribution in [2.75, 3.05) is 0 Å². The quantitative estimate of drug-likeness (QED) is 0.581. The normalized spacial score (nSPS) is 10.7.